The summed E-state index contributed by atoms with van der Waals surface area (Å²) in [7, 11) is 0. The first-order valence-electron chi connectivity index (χ1n) is 7.18. The summed E-state index contributed by atoms with van der Waals surface area (Å²) in [6.45, 7) is 0.527. The van der Waals surface area contributed by atoms with E-state index in [1.807, 2.05) is 42.5 Å². The van der Waals surface area contributed by atoms with E-state index in [-0.39, 0.29) is 0 Å². The second-order valence-corrected chi connectivity index (χ2v) is 5.77. The number of amides is 1. The molecule has 0 saturated carbocycles. The molecular formula is C18H13ClN2O2. The number of primary amides is 1. The van der Waals surface area contributed by atoms with Gasteiger partial charge in [-0.1, -0.05) is 29.8 Å². The van der Waals surface area contributed by atoms with Crippen LogP contribution in [0.4, 0.5) is 0 Å². The third-order valence-corrected chi connectivity index (χ3v) is 4.32. The number of fused-ring (bicyclic) bond motifs is 3. The minimum atomic E-state index is -0.451. The third kappa shape index (κ3) is 2.11. The summed E-state index contributed by atoms with van der Waals surface area (Å²) in [6, 6.07) is 14.9. The standard InChI is InChI=1S/C18H13ClN2O2/c19-14-7-1-5-12-16-13(18(20)22)6-2-8-15(16)21(17(12)14)10-11-4-3-9-23-11/h1-9H,10H2,(H2,20,22). The smallest absolute Gasteiger partial charge is 0.249 e. The van der Waals surface area contributed by atoms with Crippen LogP contribution in [0.2, 0.25) is 5.02 Å². The van der Waals surface area contributed by atoms with Gasteiger partial charge in [0.1, 0.15) is 5.76 Å². The average Bonchev–Trinajstić information content (AvgIpc) is 3.15. The summed E-state index contributed by atoms with van der Waals surface area (Å²) in [5, 5.41) is 2.36. The highest BCUT2D eigenvalue weighted by atomic mass is 35.5. The van der Waals surface area contributed by atoms with Crippen molar-refractivity contribution < 1.29 is 9.21 Å². The summed E-state index contributed by atoms with van der Waals surface area (Å²) in [6.07, 6.45) is 1.64. The molecule has 114 valence electrons. The third-order valence-electron chi connectivity index (χ3n) is 4.02. The van der Waals surface area contributed by atoms with Gasteiger partial charge in [-0.2, -0.15) is 0 Å². The number of halogens is 1. The largest absolute Gasteiger partial charge is 0.467 e. The van der Waals surface area contributed by atoms with Crippen LogP contribution in [0.1, 0.15) is 16.1 Å². The zero-order valence-electron chi connectivity index (χ0n) is 12.1. The molecule has 0 atom stereocenters. The van der Waals surface area contributed by atoms with Crippen LogP contribution in [0.3, 0.4) is 0 Å². The molecule has 23 heavy (non-hydrogen) atoms. The van der Waals surface area contributed by atoms with Crippen LogP contribution in [-0.4, -0.2) is 10.5 Å². The Morgan fingerprint density at radius 1 is 1.13 bits per heavy atom. The molecule has 0 aliphatic heterocycles. The molecule has 0 spiro atoms. The quantitative estimate of drug-likeness (QED) is 0.614. The van der Waals surface area contributed by atoms with Crippen LogP contribution < -0.4 is 5.73 Å². The normalized spacial score (nSPS) is 11.3. The highest BCUT2D eigenvalue weighted by Gasteiger charge is 2.18. The van der Waals surface area contributed by atoms with Gasteiger partial charge in [-0.25, -0.2) is 0 Å². The number of nitrogens with two attached hydrogens (primary N) is 1. The van der Waals surface area contributed by atoms with E-state index in [4.69, 9.17) is 21.8 Å². The molecule has 0 aliphatic rings. The molecule has 0 aliphatic carbocycles. The molecule has 0 bridgehead atoms. The van der Waals surface area contributed by atoms with E-state index in [2.05, 4.69) is 4.57 Å². The van der Waals surface area contributed by atoms with Crippen LogP contribution in [0.15, 0.2) is 59.2 Å². The van der Waals surface area contributed by atoms with Crippen LogP contribution >= 0.6 is 11.6 Å². The Bertz CT molecular complexity index is 1030. The van der Waals surface area contributed by atoms with Gasteiger partial charge in [0.15, 0.2) is 0 Å². The number of carbonyl (C=O) groups is 1. The molecule has 0 unspecified atom stereocenters. The number of aromatic nitrogens is 1. The maximum atomic E-state index is 11.8. The second kappa shape index (κ2) is 5.18. The first kappa shape index (κ1) is 13.9. The van der Waals surface area contributed by atoms with Gasteiger partial charge in [0.25, 0.3) is 0 Å². The molecular weight excluding hydrogens is 312 g/mol. The van der Waals surface area contributed by atoms with Crippen molar-refractivity contribution >= 4 is 39.3 Å². The molecule has 1 amide bonds. The van der Waals surface area contributed by atoms with Crippen molar-refractivity contribution in [2.75, 3.05) is 0 Å². The zero-order chi connectivity index (χ0) is 16.0. The Kier molecular flexibility index (Phi) is 3.13. The van der Waals surface area contributed by atoms with E-state index in [9.17, 15) is 4.79 Å². The van der Waals surface area contributed by atoms with Gasteiger partial charge < -0.3 is 14.7 Å². The number of benzene rings is 2. The van der Waals surface area contributed by atoms with E-state index < -0.39 is 5.91 Å². The van der Waals surface area contributed by atoms with Gasteiger partial charge in [-0.3, -0.25) is 4.79 Å². The van der Waals surface area contributed by atoms with Crippen molar-refractivity contribution in [3.05, 3.63) is 71.1 Å². The van der Waals surface area contributed by atoms with Crippen molar-refractivity contribution in [3.63, 3.8) is 0 Å². The molecule has 5 heteroatoms. The van der Waals surface area contributed by atoms with Crippen LogP contribution in [0.25, 0.3) is 21.8 Å². The average molecular weight is 325 g/mol. The van der Waals surface area contributed by atoms with Crippen molar-refractivity contribution in [1.29, 1.82) is 0 Å². The predicted molar refractivity (Wildman–Crippen MR) is 90.8 cm³/mol. The molecule has 2 heterocycles. The van der Waals surface area contributed by atoms with E-state index in [1.54, 1.807) is 12.3 Å². The molecule has 0 saturated heterocycles. The van der Waals surface area contributed by atoms with Gasteiger partial charge in [0.2, 0.25) is 5.91 Å². The summed E-state index contributed by atoms with van der Waals surface area (Å²) in [5.74, 6) is 0.362. The highest BCUT2D eigenvalue weighted by molar-refractivity contribution is 6.37. The first-order chi connectivity index (χ1) is 11.2. The summed E-state index contributed by atoms with van der Waals surface area (Å²) in [5.41, 5.74) is 7.82. The minimum Gasteiger partial charge on any atom is -0.467 e. The Morgan fingerprint density at radius 2 is 1.96 bits per heavy atom. The molecule has 2 N–H and O–H groups in total. The van der Waals surface area contributed by atoms with E-state index in [0.29, 0.717) is 17.1 Å². The Morgan fingerprint density at radius 3 is 2.70 bits per heavy atom. The Hall–Kier alpha value is -2.72. The van der Waals surface area contributed by atoms with E-state index in [1.165, 1.54) is 0 Å². The number of hydrogen-bond donors (Lipinski definition) is 1. The van der Waals surface area contributed by atoms with Crippen LogP contribution in [0, 0.1) is 0 Å². The fraction of sp³-hybridized carbons (Fsp3) is 0.0556. The van der Waals surface area contributed by atoms with Crippen LogP contribution in [0.5, 0.6) is 0 Å². The zero-order valence-corrected chi connectivity index (χ0v) is 12.9. The van der Waals surface area contributed by atoms with Gasteiger partial charge in [0.05, 0.1) is 28.9 Å². The summed E-state index contributed by atoms with van der Waals surface area (Å²) >= 11 is 6.44. The maximum Gasteiger partial charge on any atom is 0.249 e. The summed E-state index contributed by atoms with van der Waals surface area (Å²) in [4.78, 5) is 11.8. The molecule has 4 nitrogen and oxygen atoms in total. The molecule has 4 aromatic rings. The lowest BCUT2D eigenvalue weighted by Gasteiger charge is -2.06. The van der Waals surface area contributed by atoms with Gasteiger partial charge in [-0.05, 0) is 30.3 Å². The van der Waals surface area contributed by atoms with E-state index in [0.717, 1.165) is 27.6 Å². The number of carbonyl (C=O) groups excluding carboxylic acids is 1. The number of hydrogen-bond acceptors (Lipinski definition) is 2. The van der Waals surface area contributed by atoms with Gasteiger partial charge in [0, 0.05) is 16.3 Å². The SMILES string of the molecule is NC(=O)c1cccc2c1c1cccc(Cl)c1n2Cc1ccco1. The Labute approximate surface area is 137 Å². The molecule has 2 aromatic heterocycles. The molecule has 0 radical (unpaired) electrons. The number of rotatable bonds is 3. The molecule has 0 fully saturated rings. The van der Waals surface area contributed by atoms with Crippen molar-refractivity contribution in [3.8, 4) is 0 Å². The fourth-order valence-electron chi connectivity index (χ4n) is 3.09. The molecule has 2 aromatic carbocycles. The summed E-state index contributed by atoms with van der Waals surface area (Å²) < 4.78 is 7.52. The second-order valence-electron chi connectivity index (χ2n) is 5.37. The molecule has 4 rings (SSSR count). The predicted octanol–water partition coefficient (Wildman–Crippen LogP) is 4.19. The van der Waals surface area contributed by atoms with Crippen LogP contribution in [-0.2, 0) is 6.54 Å². The van der Waals surface area contributed by atoms with E-state index >= 15 is 0 Å². The van der Waals surface area contributed by atoms with Crippen molar-refractivity contribution in [2.45, 2.75) is 6.54 Å². The number of nitrogens with zero attached hydrogens (tertiary/aromatic N) is 1. The fourth-order valence-corrected chi connectivity index (χ4v) is 3.36. The number of para-hydroxylation sites is 1. The Balaban J connectivity index is 2.14. The first-order valence-corrected chi connectivity index (χ1v) is 7.56. The van der Waals surface area contributed by atoms with Crippen molar-refractivity contribution in [1.82, 2.24) is 4.57 Å². The number of furan rings is 1. The van der Waals surface area contributed by atoms with Crippen molar-refractivity contribution in [2.24, 2.45) is 5.73 Å². The lowest BCUT2D eigenvalue weighted by molar-refractivity contribution is 0.100. The van der Waals surface area contributed by atoms with Gasteiger partial charge >= 0.3 is 0 Å². The van der Waals surface area contributed by atoms with Gasteiger partial charge in [-0.15, -0.1) is 0 Å². The monoisotopic (exact) mass is 324 g/mol. The minimum absolute atomic E-state index is 0.451. The highest BCUT2D eigenvalue weighted by Crippen LogP contribution is 2.35. The topological polar surface area (TPSA) is 61.2 Å². The lowest BCUT2D eigenvalue weighted by atomic mass is 10.1. The lowest BCUT2D eigenvalue weighted by Crippen LogP contribution is -2.11. The maximum absolute atomic E-state index is 11.8.